The zero-order valence-electron chi connectivity index (χ0n) is 18.8. The molecule has 0 atom stereocenters. The molecule has 2 aromatic rings. The molecule has 0 aromatic heterocycles. The van der Waals surface area contributed by atoms with Crippen LogP contribution in [0.4, 0.5) is 4.79 Å². The number of fused-ring (bicyclic) bond motifs is 1. The van der Waals surface area contributed by atoms with Crippen molar-refractivity contribution in [1.29, 1.82) is 0 Å². The number of urea groups is 1. The molecule has 1 saturated carbocycles. The first kappa shape index (κ1) is 22.8. The number of imide groups is 1. The lowest BCUT2D eigenvalue weighted by molar-refractivity contribution is -0.141. The Labute approximate surface area is 198 Å². The first-order chi connectivity index (χ1) is 16.3. The van der Waals surface area contributed by atoms with Gasteiger partial charge in [-0.2, -0.15) is 9.31 Å². The van der Waals surface area contributed by atoms with Gasteiger partial charge in [0, 0.05) is 19.0 Å². The quantitative estimate of drug-likeness (QED) is 0.647. The number of sulfonamides is 1. The van der Waals surface area contributed by atoms with Gasteiger partial charge in [-0.1, -0.05) is 49.6 Å². The minimum atomic E-state index is -3.69. The van der Waals surface area contributed by atoms with Crippen LogP contribution in [-0.4, -0.2) is 54.2 Å². The molecule has 5 rings (SSSR count). The zero-order chi connectivity index (χ0) is 23.9. The van der Waals surface area contributed by atoms with Crippen LogP contribution in [0.3, 0.4) is 0 Å². The summed E-state index contributed by atoms with van der Waals surface area (Å²) in [6.45, 7) is 0.384. The van der Waals surface area contributed by atoms with E-state index in [1.807, 2.05) is 24.3 Å². The van der Waals surface area contributed by atoms with Gasteiger partial charge in [0.2, 0.25) is 15.9 Å². The molecule has 0 bridgehead atoms. The van der Waals surface area contributed by atoms with E-state index in [9.17, 15) is 22.8 Å². The lowest BCUT2D eigenvalue weighted by Crippen LogP contribution is -2.53. The number of hydrogen-bond acceptors (Lipinski definition) is 5. The van der Waals surface area contributed by atoms with Crippen molar-refractivity contribution in [2.75, 3.05) is 13.1 Å². The molecular weight excluding hydrogens is 456 g/mol. The third-order valence-corrected chi connectivity index (χ3v) is 9.17. The van der Waals surface area contributed by atoms with Crippen LogP contribution in [0.5, 0.6) is 0 Å². The topological polar surface area (TPSA) is 116 Å². The lowest BCUT2D eigenvalue weighted by atomic mass is 9.82. The van der Waals surface area contributed by atoms with E-state index in [2.05, 4.69) is 10.7 Å². The molecule has 0 unspecified atom stereocenters. The summed E-state index contributed by atoms with van der Waals surface area (Å²) in [6.07, 6.45) is 4.53. The van der Waals surface area contributed by atoms with Gasteiger partial charge >= 0.3 is 6.03 Å². The number of hydrazine groups is 1. The lowest BCUT2D eigenvalue weighted by Gasteiger charge is -2.32. The number of carbonyl (C=O) groups excluding carboxylic acids is 3. The Balaban J connectivity index is 1.22. The number of hydrogen-bond donors (Lipinski definition) is 2. The van der Waals surface area contributed by atoms with E-state index in [0.717, 1.165) is 35.0 Å². The second-order valence-corrected chi connectivity index (χ2v) is 11.3. The van der Waals surface area contributed by atoms with Crippen LogP contribution >= 0.6 is 0 Å². The molecule has 2 saturated heterocycles. The molecule has 1 aliphatic carbocycles. The van der Waals surface area contributed by atoms with Gasteiger partial charge in [0.05, 0.1) is 4.90 Å². The Kier molecular flexibility index (Phi) is 5.81. The van der Waals surface area contributed by atoms with E-state index in [4.69, 9.17) is 0 Å². The molecular formula is C24H28N4O5S. The van der Waals surface area contributed by atoms with Gasteiger partial charge in [-0.3, -0.25) is 15.0 Å². The normalized spacial score (nSPS) is 21.7. The maximum atomic E-state index is 13.2. The fourth-order valence-corrected chi connectivity index (χ4v) is 6.76. The van der Waals surface area contributed by atoms with Crippen molar-refractivity contribution in [1.82, 2.24) is 20.1 Å². The highest BCUT2D eigenvalue weighted by Crippen LogP contribution is 2.33. The van der Waals surface area contributed by atoms with Crippen molar-refractivity contribution < 1.29 is 22.8 Å². The second kappa shape index (κ2) is 8.66. The molecule has 3 fully saturated rings. The van der Waals surface area contributed by atoms with Gasteiger partial charge in [-0.15, -0.1) is 0 Å². The number of carbonyl (C=O) groups is 3. The largest absolute Gasteiger partial charge is 0.344 e. The van der Waals surface area contributed by atoms with Gasteiger partial charge in [0.25, 0.3) is 5.91 Å². The minimum Gasteiger partial charge on any atom is -0.322 e. The zero-order valence-corrected chi connectivity index (χ0v) is 19.6. The van der Waals surface area contributed by atoms with Crippen molar-refractivity contribution in [3.05, 3.63) is 42.5 Å². The number of amides is 4. The van der Waals surface area contributed by atoms with Crippen LogP contribution in [0.15, 0.2) is 47.4 Å². The second-order valence-electron chi connectivity index (χ2n) is 9.38. The highest BCUT2D eigenvalue weighted by Gasteiger charge is 2.52. The van der Waals surface area contributed by atoms with Crippen molar-refractivity contribution in [3.8, 4) is 0 Å². The summed E-state index contributed by atoms with van der Waals surface area (Å²) in [6, 6.07) is 12.0. The average molecular weight is 485 g/mol. The van der Waals surface area contributed by atoms with Crippen LogP contribution in [0, 0.1) is 5.92 Å². The van der Waals surface area contributed by atoms with E-state index in [-0.39, 0.29) is 18.0 Å². The maximum absolute atomic E-state index is 13.2. The first-order valence-electron chi connectivity index (χ1n) is 11.8. The van der Waals surface area contributed by atoms with Gasteiger partial charge in [0.1, 0.15) is 5.54 Å². The third-order valence-electron chi connectivity index (χ3n) is 7.27. The Bertz CT molecular complexity index is 1250. The van der Waals surface area contributed by atoms with Crippen molar-refractivity contribution in [3.63, 3.8) is 0 Å². The summed E-state index contributed by atoms with van der Waals surface area (Å²) >= 11 is 0. The number of benzene rings is 2. The predicted octanol–water partition coefficient (Wildman–Crippen LogP) is 2.53. The highest BCUT2D eigenvalue weighted by atomic mass is 32.2. The number of nitrogens with one attached hydrogen (secondary N) is 2. The Morgan fingerprint density at radius 3 is 2.35 bits per heavy atom. The predicted molar refractivity (Wildman–Crippen MR) is 125 cm³/mol. The smallest absolute Gasteiger partial charge is 0.322 e. The molecule has 2 heterocycles. The third kappa shape index (κ3) is 3.94. The molecule has 2 N–H and O–H groups in total. The Morgan fingerprint density at radius 2 is 1.65 bits per heavy atom. The molecule has 1 spiro atoms. The number of piperidine rings is 1. The van der Waals surface area contributed by atoms with Gasteiger partial charge in [-0.25, -0.2) is 13.2 Å². The molecule has 10 heteroatoms. The van der Waals surface area contributed by atoms with E-state index >= 15 is 0 Å². The summed E-state index contributed by atoms with van der Waals surface area (Å²) in [7, 11) is -3.69. The Morgan fingerprint density at radius 1 is 0.971 bits per heavy atom. The van der Waals surface area contributed by atoms with Crippen LogP contribution in [-0.2, 0) is 19.6 Å². The van der Waals surface area contributed by atoms with E-state index in [1.165, 1.54) is 4.31 Å². The first-order valence-corrected chi connectivity index (χ1v) is 13.2. The van der Waals surface area contributed by atoms with Crippen molar-refractivity contribution >= 4 is 38.6 Å². The monoisotopic (exact) mass is 484 g/mol. The maximum Gasteiger partial charge on any atom is 0.344 e. The molecule has 0 radical (unpaired) electrons. The fourth-order valence-electron chi connectivity index (χ4n) is 5.25. The molecule has 180 valence electrons. The summed E-state index contributed by atoms with van der Waals surface area (Å²) in [5.74, 6) is -1.31. The standard InChI is InChI=1S/C24H28N4O5S/c29-21(26-28-22(30)24(25-23(28)31)12-4-1-5-13-24)18-10-14-27(15-11-18)34(32,33)20-9-8-17-6-2-3-7-19(17)16-20/h2-3,6-9,16,18H,1,4-5,10-15H2,(H,25,31)(H,26,29). The van der Waals surface area contributed by atoms with E-state index in [1.54, 1.807) is 18.2 Å². The van der Waals surface area contributed by atoms with Crippen LogP contribution in [0.25, 0.3) is 10.8 Å². The minimum absolute atomic E-state index is 0.192. The summed E-state index contributed by atoms with van der Waals surface area (Å²) in [4.78, 5) is 38.4. The van der Waals surface area contributed by atoms with E-state index < -0.39 is 39.3 Å². The molecule has 3 aliphatic rings. The SMILES string of the molecule is O=C(NN1C(=O)NC2(CCCCC2)C1=O)C1CCN(S(=O)(=O)c2ccc3ccccc3c2)CC1. The van der Waals surface area contributed by atoms with Gasteiger partial charge in [0.15, 0.2) is 0 Å². The van der Waals surface area contributed by atoms with Gasteiger partial charge < -0.3 is 5.32 Å². The molecule has 2 aliphatic heterocycles. The molecule has 4 amide bonds. The summed E-state index contributed by atoms with van der Waals surface area (Å²) in [5, 5.41) is 5.40. The summed E-state index contributed by atoms with van der Waals surface area (Å²) < 4.78 is 27.7. The highest BCUT2D eigenvalue weighted by molar-refractivity contribution is 7.89. The molecule has 9 nitrogen and oxygen atoms in total. The van der Waals surface area contributed by atoms with Crippen LogP contribution in [0.1, 0.15) is 44.9 Å². The number of rotatable bonds is 4. The summed E-state index contributed by atoms with van der Waals surface area (Å²) in [5.41, 5.74) is 1.59. The number of nitrogens with zero attached hydrogens (tertiary/aromatic N) is 2. The van der Waals surface area contributed by atoms with Gasteiger partial charge in [-0.05, 0) is 48.6 Å². The average Bonchev–Trinajstić information content (AvgIpc) is 3.07. The van der Waals surface area contributed by atoms with E-state index in [0.29, 0.717) is 25.7 Å². The molecule has 34 heavy (non-hydrogen) atoms. The van der Waals surface area contributed by atoms with Crippen molar-refractivity contribution in [2.45, 2.75) is 55.4 Å². The Hall–Kier alpha value is -2.98. The fraction of sp³-hybridized carbons (Fsp3) is 0.458. The van der Waals surface area contributed by atoms with Crippen molar-refractivity contribution in [2.24, 2.45) is 5.92 Å². The molecule has 2 aromatic carbocycles. The van der Waals surface area contributed by atoms with Crippen LogP contribution < -0.4 is 10.7 Å². The van der Waals surface area contributed by atoms with Crippen LogP contribution in [0.2, 0.25) is 0 Å².